The Morgan fingerprint density at radius 1 is 0.909 bits per heavy atom. The third kappa shape index (κ3) is 5.45. The molecule has 33 heavy (non-hydrogen) atoms. The third-order valence-corrected chi connectivity index (χ3v) is 7.75. The minimum Gasteiger partial charge on any atom is -0.296 e. The van der Waals surface area contributed by atoms with E-state index < -0.39 is 22.0 Å². The Labute approximate surface area is 200 Å². The molecule has 10 heteroatoms. The summed E-state index contributed by atoms with van der Waals surface area (Å²) in [7, 11) is -4.04. The SMILES string of the molecule is Cc1ccc(C(NS(=O)(=O)c2nnc(NC(=O)c3ccccc3Cl)s2)c2ccccc2)cc1. The van der Waals surface area contributed by atoms with Gasteiger partial charge in [-0.25, -0.2) is 8.42 Å². The standard InChI is InChI=1S/C23H19ClN4O3S2/c1-15-11-13-17(14-12-15)20(16-7-3-2-4-8-16)28-33(30,31)23-27-26-22(32-23)25-21(29)18-9-5-6-10-19(18)24/h2-14,20,28H,1H3,(H,25,26,29). The van der Waals surface area contributed by atoms with Crippen LogP contribution in [-0.4, -0.2) is 24.5 Å². The largest absolute Gasteiger partial charge is 0.296 e. The van der Waals surface area contributed by atoms with Gasteiger partial charge < -0.3 is 0 Å². The van der Waals surface area contributed by atoms with Gasteiger partial charge in [0.15, 0.2) is 0 Å². The average molecular weight is 499 g/mol. The minimum atomic E-state index is -4.04. The van der Waals surface area contributed by atoms with Crippen LogP contribution in [0.4, 0.5) is 5.13 Å². The van der Waals surface area contributed by atoms with Gasteiger partial charge in [0.2, 0.25) is 9.47 Å². The van der Waals surface area contributed by atoms with E-state index in [4.69, 9.17) is 11.6 Å². The van der Waals surface area contributed by atoms with Crippen molar-refractivity contribution in [1.29, 1.82) is 0 Å². The second kappa shape index (κ2) is 9.80. The fraction of sp³-hybridized carbons (Fsp3) is 0.0870. The van der Waals surface area contributed by atoms with E-state index >= 15 is 0 Å². The molecule has 0 aliphatic heterocycles. The molecular weight excluding hydrogens is 480 g/mol. The molecule has 0 spiro atoms. The summed E-state index contributed by atoms with van der Waals surface area (Å²) in [4.78, 5) is 12.4. The molecule has 0 radical (unpaired) electrons. The van der Waals surface area contributed by atoms with Crippen LogP contribution in [0.3, 0.4) is 0 Å². The smallest absolute Gasteiger partial charge is 0.270 e. The second-order valence-electron chi connectivity index (χ2n) is 7.18. The molecular formula is C23H19ClN4O3S2. The number of aryl methyl sites for hydroxylation is 1. The number of hydrogen-bond acceptors (Lipinski definition) is 6. The Morgan fingerprint density at radius 3 is 2.24 bits per heavy atom. The molecule has 0 aliphatic rings. The molecule has 0 saturated carbocycles. The Hall–Kier alpha value is -3.11. The van der Waals surface area contributed by atoms with Crippen molar-refractivity contribution in [3.8, 4) is 0 Å². The monoisotopic (exact) mass is 498 g/mol. The lowest BCUT2D eigenvalue weighted by Gasteiger charge is -2.19. The summed E-state index contributed by atoms with van der Waals surface area (Å²) in [6.45, 7) is 1.96. The van der Waals surface area contributed by atoms with E-state index in [0.717, 1.165) is 28.0 Å². The fourth-order valence-electron chi connectivity index (χ4n) is 3.12. The van der Waals surface area contributed by atoms with Crippen molar-refractivity contribution in [2.24, 2.45) is 0 Å². The highest BCUT2D eigenvalue weighted by Crippen LogP contribution is 2.27. The summed E-state index contributed by atoms with van der Waals surface area (Å²) in [6.07, 6.45) is 0. The van der Waals surface area contributed by atoms with Gasteiger partial charge in [-0.15, -0.1) is 10.2 Å². The van der Waals surface area contributed by atoms with Crippen molar-refractivity contribution >= 4 is 44.0 Å². The van der Waals surface area contributed by atoms with Gasteiger partial charge >= 0.3 is 0 Å². The van der Waals surface area contributed by atoms with Gasteiger partial charge in [0, 0.05) is 0 Å². The summed E-state index contributed by atoms with van der Waals surface area (Å²) >= 11 is 6.80. The predicted octanol–water partition coefficient (Wildman–Crippen LogP) is 4.82. The van der Waals surface area contributed by atoms with Crippen molar-refractivity contribution in [2.75, 3.05) is 5.32 Å². The number of benzene rings is 3. The first-order chi connectivity index (χ1) is 15.8. The number of anilines is 1. The van der Waals surface area contributed by atoms with E-state index in [1.807, 2.05) is 61.5 Å². The van der Waals surface area contributed by atoms with Crippen molar-refractivity contribution in [3.63, 3.8) is 0 Å². The molecule has 0 bridgehead atoms. The number of sulfonamides is 1. The molecule has 1 heterocycles. The Bertz CT molecular complexity index is 1370. The molecule has 4 rings (SSSR count). The first kappa shape index (κ1) is 23.1. The van der Waals surface area contributed by atoms with E-state index in [0.29, 0.717) is 0 Å². The van der Waals surface area contributed by atoms with Gasteiger partial charge in [-0.3, -0.25) is 10.1 Å². The molecule has 7 nitrogen and oxygen atoms in total. The van der Waals surface area contributed by atoms with Crippen molar-refractivity contribution < 1.29 is 13.2 Å². The lowest BCUT2D eigenvalue weighted by molar-refractivity contribution is 0.102. The quantitative estimate of drug-likeness (QED) is 0.356. The van der Waals surface area contributed by atoms with Crippen LogP contribution in [0.5, 0.6) is 0 Å². The van der Waals surface area contributed by atoms with Crippen LogP contribution in [-0.2, 0) is 10.0 Å². The maximum atomic E-state index is 13.1. The van der Waals surface area contributed by atoms with Gasteiger partial charge in [-0.05, 0) is 30.2 Å². The Morgan fingerprint density at radius 2 is 1.55 bits per heavy atom. The van der Waals surface area contributed by atoms with Gasteiger partial charge in [0.05, 0.1) is 16.6 Å². The Balaban J connectivity index is 1.58. The predicted molar refractivity (Wildman–Crippen MR) is 129 cm³/mol. The van der Waals surface area contributed by atoms with Gasteiger partial charge in [0.25, 0.3) is 15.9 Å². The topological polar surface area (TPSA) is 101 Å². The zero-order chi connectivity index (χ0) is 23.4. The summed E-state index contributed by atoms with van der Waals surface area (Å²) in [5, 5.41) is 10.5. The van der Waals surface area contributed by atoms with Crippen molar-refractivity contribution in [1.82, 2.24) is 14.9 Å². The highest BCUT2D eigenvalue weighted by Gasteiger charge is 2.27. The molecule has 1 atom stereocenters. The minimum absolute atomic E-state index is 0.0480. The first-order valence-corrected chi connectivity index (χ1v) is 12.5. The molecule has 0 aliphatic carbocycles. The van der Waals surface area contributed by atoms with Crippen LogP contribution in [0.1, 0.15) is 33.1 Å². The highest BCUT2D eigenvalue weighted by atomic mass is 35.5. The molecule has 3 aromatic carbocycles. The van der Waals surface area contributed by atoms with Crippen LogP contribution < -0.4 is 10.0 Å². The summed E-state index contributed by atoms with van der Waals surface area (Å²) in [5.41, 5.74) is 2.88. The lowest BCUT2D eigenvalue weighted by Crippen LogP contribution is -2.29. The van der Waals surface area contributed by atoms with Gasteiger partial charge in [-0.1, -0.05) is 95.2 Å². The van der Waals surface area contributed by atoms with E-state index in [2.05, 4.69) is 20.2 Å². The highest BCUT2D eigenvalue weighted by molar-refractivity contribution is 7.91. The second-order valence-corrected chi connectivity index (χ2v) is 10.5. The number of rotatable bonds is 7. The number of aromatic nitrogens is 2. The fourth-order valence-corrected chi connectivity index (χ4v) is 5.46. The normalized spacial score (nSPS) is 12.3. The molecule has 1 aromatic heterocycles. The molecule has 1 amide bonds. The number of nitrogens with one attached hydrogen (secondary N) is 2. The average Bonchev–Trinajstić information content (AvgIpc) is 3.28. The number of nitrogens with zero attached hydrogens (tertiary/aromatic N) is 2. The number of carbonyl (C=O) groups excluding carboxylic acids is 1. The summed E-state index contributed by atoms with van der Waals surface area (Å²) < 4.78 is 28.7. The van der Waals surface area contributed by atoms with E-state index in [1.54, 1.807) is 24.3 Å². The van der Waals surface area contributed by atoms with E-state index in [-0.39, 0.29) is 20.1 Å². The van der Waals surface area contributed by atoms with Crippen LogP contribution in [0, 0.1) is 6.92 Å². The zero-order valence-corrected chi connectivity index (χ0v) is 19.8. The maximum Gasteiger partial charge on any atom is 0.270 e. The Kier molecular flexibility index (Phi) is 6.85. The van der Waals surface area contributed by atoms with Crippen LogP contribution in [0.15, 0.2) is 83.2 Å². The molecule has 4 aromatic rings. The van der Waals surface area contributed by atoms with Crippen molar-refractivity contribution in [2.45, 2.75) is 17.3 Å². The van der Waals surface area contributed by atoms with Gasteiger partial charge in [-0.2, -0.15) is 4.72 Å². The van der Waals surface area contributed by atoms with Gasteiger partial charge in [0.1, 0.15) is 0 Å². The maximum absolute atomic E-state index is 13.1. The number of amides is 1. The van der Waals surface area contributed by atoms with E-state index in [9.17, 15) is 13.2 Å². The third-order valence-electron chi connectivity index (χ3n) is 4.79. The van der Waals surface area contributed by atoms with Crippen LogP contribution in [0.25, 0.3) is 0 Å². The number of hydrogen-bond donors (Lipinski definition) is 2. The lowest BCUT2D eigenvalue weighted by atomic mass is 9.99. The number of halogens is 1. The van der Waals surface area contributed by atoms with E-state index in [1.165, 1.54) is 0 Å². The zero-order valence-electron chi connectivity index (χ0n) is 17.4. The van der Waals surface area contributed by atoms with Crippen LogP contribution >= 0.6 is 22.9 Å². The molecule has 168 valence electrons. The molecule has 1 unspecified atom stereocenters. The molecule has 0 saturated heterocycles. The number of carbonyl (C=O) groups is 1. The summed E-state index contributed by atoms with van der Waals surface area (Å²) in [6, 6.07) is 22.8. The molecule has 0 fully saturated rings. The van der Waals surface area contributed by atoms with Crippen LogP contribution in [0.2, 0.25) is 5.02 Å². The molecule has 2 N–H and O–H groups in total. The van der Waals surface area contributed by atoms with Crippen molar-refractivity contribution in [3.05, 3.63) is 106 Å². The first-order valence-electron chi connectivity index (χ1n) is 9.87. The summed E-state index contributed by atoms with van der Waals surface area (Å²) in [5.74, 6) is -0.504.